The molecule has 0 saturated carbocycles. The zero-order chi connectivity index (χ0) is 15.4. The van der Waals surface area contributed by atoms with E-state index >= 15 is 0 Å². The van der Waals surface area contributed by atoms with Gasteiger partial charge in [-0.1, -0.05) is 0 Å². The van der Waals surface area contributed by atoms with E-state index in [1.807, 2.05) is 14.0 Å². The average molecular weight is 291 g/mol. The SMILES string of the molecule is CNC(C)c1ccc(Oc2ccc(F)cc2[N+](=O)[O-])cn1. The second kappa shape index (κ2) is 6.27. The Morgan fingerprint density at radius 1 is 1.38 bits per heavy atom. The summed E-state index contributed by atoms with van der Waals surface area (Å²) in [5, 5.41) is 13.9. The van der Waals surface area contributed by atoms with Gasteiger partial charge in [-0.3, -0.25) is 15.1 Å². The first kappa shape index (κ1) is 14.9. The van der Waals surface area contributed by atoms with E-state index in [4.69, 9.17) is 4.74 Å². The number of nitrogens with one attached hydrogen (secondary N) is 1. The molecule has 1 unspecified atom stereocenters. The number of rotatable bonds is 5. The van der Waals surface area contributed by atoms with Crippen LogP contribution >= 0.6 is 0 Å². The molecule has 1 atom stereocenters. The van der Waals surface area contributed by atoms with Crippen LogP contribution in [0.1, 0.15) is 18.7 Å². The number of ether oxygens (including phenoxy) is 1. The zero-order valence-electron chi connectivity index (χ0n) is 11.5. The highest BCUT2D eigenvalue weighted by Gasteiger charge is 2.17. The standard InChI is InChI=1S/C14H14FN3O3/c1-9(16-2)12-5-4-11(8-17-12)21-14-6-3-10(15)7-13(14)18(19)20/h3-9,16H,1-2H3. The van der Waals surface area contributed by atoms with Gasteiger partial charge >= 0.3 is 5.69 Å². The minimum Gasteiger partial charge on any atom is -0.449 e. The lowest BCUT2D eigenvalue weighted by atomic mass is 10.2. The summed E-state index contributed by atoms with van der Waals surface area (Å²) in [6.45, 7) is 1.95. The smallest absolute Gasteiger partial charge is 0.314 e. The molecule has 1 heterocycles. The number of nitro groups is 1. The van der Waals surface area contributed by atoms with Crippen molar-refractivity contribution in [1.82, 2.24) is 10.3 Å². The summed E-state index contributed by atoms with van der Waals surface area (Å²) >= 11 is 0. The number of hydrogen-bond donors (Lipinski definition) is 1. The Bertz CT molecular complexity index is 646. The van der Waals surface area contributed by atoms with Crippen LogP contribution in [0, 0.1) is 15.9 Å². The maximum atomic E-state index is 13.0. The van der Waals surface area contributed by atoms with Gasteiger partial charge in [0.15, 0.2) is 0 Å². The van der Waals surface area contributed by atoms with E-state index in [2.05, 4.69) is 10.3 Å². The van der Waals surface area contributed by atoms with Gasteiger partial charge in [0.05, 0.1) is 22.9 Å². The lowest BCUT2D eigenvalue weighted by molar-refractivity contribution is -0.385. The summed E-state index contributed by atoms with van der Waals surface area (Å²) in [7, 11) is 1.82. The average Bonchev–Trinajstić information content (AvgIpc) is 2.49. The molecule has 0 spiro atoms. The number of hydrogen-bond acceptors (Lipinski definition) is 5. The maximum absolute atomic E-state index is 13.0. The first-order chi connectivity index (χ1) is 10.0. The topological polar surface area (TPSA) is 77.3 Å². The van der Waals surface area contributed by atoms with Crippen LogP contribution in [0.5, 0.6) is 11.5 Å². The number of aromatic nitrogens is 1. The number of nitrogens with zero attached hydrogens (tertiary/aromatic N) is 2. The van der Waals surface area contributed by atoms with E-state index in [-0.39, 0.29) is 11.8 Å². The Balaban J connectivity index is 2.24. The summed E-state index contributed by atoms with van der Waals surface area (Å²) < 4.78 is 18.5. The molecule has 0 aliphatic heterocycles. The van der Waals surface area contributed by atoms with Gasteiger partial charge in [0, 0.05) is 6.04 Å². The minimum atomic E-state index is -0.691. The fourth-order valence-corrected chi connectivity index (χ4v) is 1.70. The highest BCUT2D eigenvalue weighted by atomic mass is 19.1. The third kappa shape index (κ3) is 3.51. The van der Waals surface area contributed by atoms with Crippen molar-refractivity contribution in [2.24, 2.45) is 0 Å². The van der Waals surface area contributed by atoms with Crippen molar-refractivity contribution in [2.75, 3.05) is 7.05 Å². The van der Waals surface area contributed by atoms with Crippen LogP contribution in [-0.4, -0.2) is 17.0 Å². The molecular weight excluding hydrogens is 277 g/mol. The van der Waals surface area contributed by atoms with E-state index in [9.17, 15) is 14.5 Å². The summed E-state index contributed by atoms with van der Waals surface area (Å²) in [5.74, 6) is -0.375. The molecular formula is C14H14FN3O3. The van der Waals surface area contributed by atoms with Crippen LogP contribution < -0.4 is 10.1 Å². The highest BCUT2D eigenvalue weighted by Crippen LogP contribution is 2.31. The molecule has 2 aromatic rings. The fourth-order valence-electron chi connectivity index (χ4n) is 1.70. The minimum absolute atomic E-state index is 0.0300. The molecule has 2 rings (SSSR count). The summed E-state index contributed by atoms with van der Waals surface area (Å²) in [6, 6.07) is 6.64. The molecule has 21 heavy (non-hydrogen) atoms. The van der Waals surface area contributed by atoms with Crippen molar-refractivity contribution in [3.8, 4) is 11.5 Å². The van der Waals surface area contributed by atoms with Gasteiger partial charge in [0.25, 0.3) is 0 Å². The predicted molar refractivity (Wildman–Crippen MR) is 74.8 cm³/mol. The Hall–Kier alpha value is -2.54. The molecule has 6 nitrogen and oxygen atoms in total. The van der Waals surface area contributed by atoms with Crippen molar-refractivity contribution >= 4 is 5.69 Å². The molecule has 1 aromatic carbocycles. The van der Waals surface area contributed by atoms with Gasteiger partial charge in [-0.2, -0.15) is 0 Å². The van der Waals surface area contributed by atoms with Crippen LogP contribution in [0.2, 0.25) is 0 Å². The molecule has 0 bridgehead atoms. The van der Waals surface area contributed by atoms with Crippen LogP contribution in [0.15, 0.2) is 36.5 Å². The predicted octanol–water partition coefficient (Wildman–Crippen LogP) is 3.20. The quantitative estimate of drug-likeness (QED) is 0.676. The molecule has 110 valence electrons. The summed E-state index contributed by atoms with van der Waals surface area (Å²) in [5.41, 5.74) is 0.390. The Morgan fingerprint density at radius 3 is 2.71 bits per heavy atom. The van der Waals surface area contributed by atoms with Gasteiger partial charge in [-0.15, -0.1) is 0 Å². The second-order valence-electron chi connectivity index (χ2n) is 4.40. The van der Waals surface area contributed by atoms with E-state index < -0.39 is 16.4 Å². The normalized spacial score (nSPS) is 12.0. The molecule has 1 N–H and O–H groups in total. The van der Waals surface area contributed by atoms with Crippen molar-refractivity contribution in [3.63, 3.8) is 0 Å². The van der Waals surface area contributed by atoms with Crippen LogP contribution in [0.3, 0.4) is 0 Å². The molecule has 0 amide bonds. The number of nitro benzene ring substituents is 1. The van der Waals surface area contributed by atoms with Gasteiger partial charge in [-0.25, -0.2) is 4.39 Å². The lowest BCUT2D eigenvalue weighted by Gasteiger charge is -2.10. The summed E-state index contributed by atoms with van der Waals surface area (Å²) in [6.07, 6.45) is 1.47. The molecule has 0 saturated heterocycles. The van der Waals surface area contributed by atoms with Gasteiger partial charge in [-0.05, 0) is 38.2 Å². The first-order valence-electron chi connectivity index (χ1n) is 6.26. The Labute approximate surface area is 120 Å². The molecule has 0 radical (unpaired) electrons. The van der Waals surface area contributed by atoms with Gasteiger partial charge < -0.3 is 10.1 Å². The highest BCUT2D eigenvalue weighted by molar-refractivity contribution is 5.48. The van der Waals surface area contributed by atoms with Crippen molar-refractivity contribution < 1.29 is 14.1 Å². The van der Waals surface area contributed by atoms with Gasteiger partial charge in [0.1, 0.15) is 11.6 Å². The number of benzene rings is 1. The van der Waals surface area contributed by atoms with Crippen molar-refractivity contribution in [1.29, 1.82) is 0 Å². The molecule has 1 aromatic heterocycles. The van der Waals surface area contributed by atoms with E-state index in [0.29, 0.717) is 5.75 Å². The third-order valence-corrected chi connectivity index (χ3v) is 2.98. The largest absolute Gasteiger partial charge is 0.449 e. The third-order valence-electron chi connectivity index (χ3n) is 2.98. The molecule has 0 aliphatic carbocycles. The van der Waals surface area contributed by atoms with Crippen LogP contribution in [0.25, 0.3) is 0 Å². The maximum Gasteiger partial charge on any atom is 0.314 e. The van der Waals surface area contributed by atoms with Gasteiger partial charge in [0.2, 0.25) is 5.75 Å². The van der Waals surface area contributed by atoms with Crippen molar-refractivity contribution in [3.05, 3.63) is 58.2 Å². The first-order valence-corrected chi connectivity index (χ1v) is 6.26. The zero-order valence-corrected chi connectivity index (χ0v) is 11.5. The lowest BCUT2D eigenvalue weighted by Crippen LogP contribution is -2.13. The van der Waals surface area contributed by atoms with Crippen LogP contribution in [0.4, 0.5) is 10.1 Å². The second-order valence-corrected chi connectivity index (χ2v) is 4.40. The van der Waals surface area contributed by atoms with E-state index in [1.54, 1.807) is 12.1 Å². The van der Waals surface area contributed by atoms with Crippen molar-refractivity contribution in [2.45, 2.75) is 13.0 Å². The summed E-state index contributed by atoms with van der Waals surface area (Å²) in [4.78, 5) is 14.4. The number of halogens is 1. The van der Waals surface area contributed by atoms with E-state index in [0.717, 1.165) is 17.8 Å². The fraction of sp³-hybridized carbons (Fsp3) is 0.214. The molecule has 7 heteroatoms. The molecule has 0 aliphatic rings. The van der Waals surface area contributed by atoms with E-state index in [1.165, 1.54) is 12.3 Å². The van der Waals surface area contributed by atoms with Crippen LogP contribution in [-0.2, 0) is 0 Å². The molecule has 0 fully saturated rings. The number of pyridine rings is 1. The monoisotopic (exact) mass is 291 g/mol. The Morgan fingerprint density at radius 2 is 2.14 bits per heavy atom. The Kier molecular flexibility index (Phi) is 4.44.